The van der Waals surface area contributed by atoms with E-state index in [1.807, 2.05) is 56.3 Å². The number of para-hydroxylation sites is 1. The van der Waals surface area contributed by atoms with Crippen molar-refractivity contribution in [3.63, 3.8) is 0 Å². The maximum Gasteiger partial charge on any atom is 0.311 e. The Bertz CT molecular complexity index is 975. The number of benzene rings is 2. The van der Waals surface area contributed by atoms with Crippen molar-refractivity contribution in [2.75, 3.05) is 11.9 Å². The first-order valence-electron chi connectivity index (χ1n) is 8.86. The number of hydrogen-bond acceptors (Lipinski definition) is 4. The van der Waals surface area contributed by atoms with Gasteiger partial charge in [-0.15, -0.1) is 0 Å². The number of likely N-dealkylation sites (N-methyl/N-ethyl adjacent to an activating group) is 1. The van der Waals surface area contributed by atoms with Crippen molar-refractivity contribution < 1.29 is 18.7 Å². The van der Waals surface area contributed by atoms with E-state index < -0.39 is 12.1 Å². The molecule has 0 saturated heterocycles. The Morgan fingerprint density at radius 1 is 1.11 bits per heavy atom. The Morgan fingerprint density at radius 3 is 2.48 bits per heavy atom. The minimum absolute atomic E-state index is 0.0577. The van der Waals surface area contributed by atoms with Crippen molar-refractivity contribution in [1.82, 2.24) is 0 Å². The monoisotopic (exact) mass is 365 g/mol. The van der Waals surface area contributed by atoms with Gasteiger partial charge in [-0.05, 0) is 56.2 Å². The van der Waals surface area contributed by atoms with E-state index in [4.69, 9.17) is 9.15 Å². The minimum Gasteiger partial charge on any atom is -0.464 e. The van der Waals surface area contributed by atoms with Gasteiger partial charge in [-0.3, -0.25) is 9.59 Å². The molecule has 5 heteroatoms. The molecule has 5 nitrogen and oxygen atoms in total. The maximum absolute atomic E-state index is 12.5. The number of nitrogens with zero attached hydrogens (tertiary/aromatic N) is 1. The van der Waals surface area contributed by atoms with Crippen molar-refractivity contribution in [2.45, 2.75) is 33.3 Å². The first kappa shape index (κ1) is 18.7. The summed E-state index contributed by atoms with van der Waals surface area (Å²) >= 11 is 0. The fourth-order valence-electron chi connectivity index (χ4n) is 2.97. The van der Waals surface area contributed by atoms with Gasteiger partial charge in [-0.25, -0.2) is 0 Å². The molecule has 2 aromatic carbocycles. The van der Waals surface area contributed by atoms with Gasteiger partial charge < -0.3 is 14.1 Å². The van der Waals surface area contributed by atoms with E-state index >= 15 is 0 Å². The van der Waals surface area contributed by atoms with E-state index in [0.29, 0.717) is 0 Å². The lowest BCUT2D eigenvalue weighted by molar-refractivity contribution is -0.153. The topological polar surface area (TPSA) is 59.8 Å². The fourth-order valence-corrected chi connectivity index (χ4v) is 2.97. The van der Waals surface area contributed by atoms with Crippen molar-refractivity contribution in [3.05, 3.63) is 65.4 Å². The zero-order valence-electron chi connectivity index (χ0n) is 16.0. The van der Waals surface area contributed by atoms with Gasteiger partial charge >= 0.3 is 5.97 Å². The second-order valence-corrected chi connectivity index (χ2v) is 6.74. The van der Waals surface area contributed by atoms with Crippen LogP contribution in [0.15, 0.2) is 53.1 Å². The van der Waals surface area contributed by atoms with Gasteiger partial charge in [0.2, 0.25) is 0 Å². The second-order valence-electron chi connectivity index (χ2n) is 6.74. The molecule has 0 aliphatic rings. The van der Waals surface area contributed by atoms with E-state index in [9.17, 15) is 9.59 Å². The van der Waals surface area contributed by atoms with Crippen LogP contribution in [0.4, 0.5) is 5.69 Å². The SMILES string of the molecule is Cc1cc2occ(CC(=O)O[C@@H](C)C(=O)N(C)c3ccccc3)c2cc1C. The molecule has 1 atom stereocenters. The van der Waals surface area contributed by atoms with Gasteiger partial charge in [-0.1, -0.05) is 18.2 Å². The number of carbonyl (C=O) groups excluding carboxylic acids is 2. The highest BCUT2D eigenvalue weighted by molar-refractivity contribution is 5.97. The molecule has 3 rings (SSSR count). The molecule has 0 unspecified atom stereocenters. The van der Waals surface area contributed by atoms with Gasteiger partial charge in [0.05, 0.1) is 12.7 Å². The van der Waals surface area contributed by atoms with E-state index in [-0.39, 0.29) is 12.3 Å². The molecule has 0 bridgehead atoms. The van der Waals surface area contributed by atoms with Gasteiger partial charge in [0, 0.05) is 23.7 Å². The van der Waals surface area contributed by atoms with Gasteiger partial charge in [0.25, 0.3) is 5.91 Å². The molecule has 0 fully saturated rings. The standard InChI is InChI=1S/C22H23NO4/c1-14-10-19-17(13-26-20(19)11-15(14)2)12-21(24)27-16(3)22(25)23(4)18-8-6-5-7-9-18/h5-11,13,16H,12H2,1-4H3/t16-/m0/s1. The van der Waals surface area contributed by atoms with E-state index in [0.717, 1.165) is 33.3 Å². The summed E-state index contributed by atoms with van der Waals surface area (Å²) in [5.41, 5.74) is 4.51. The number of hydrogen-bond donors (Lipinski definition) is 0. The average molecular weight is 365 g/mol. The smallest absolute Gasteiger partial charge is 0.311 e. The Balaban J connectivity index is 1.67. The van der Waals surface area contributed by atoms with Gasteiger partial charge in [0.1, 0.15) is 5.58 Å². The molecule has 1 heterocycles. The van der Waals surface area contributed by atoms with Crippen LogP contribution in [0.2, 0.25) is 0 Å². The number of rotatable bonds is 5. The van der Waals surface area contributed by atoms with Gasteiger partial charge in [0.15, 0.2) is 6.10 Å². The van der Waals surface area contributed by atoms with Crippen molar-refractivity contribution in [3.8, 4) is 0 Å². The van der Waals surface area contributed by atoms with E-state index in [2.05, 4.69) is 0 Å². The summed E-state index contributed by atoms with van der Waals surface area (Å²) in [6, 6.07) is 13.2. The third kappa shape index (κ3) is 4.03. The van der Waals surface area contributed by atoms with Crippen molar-refractivity contribution in [1.29, 1.82) is 0 Å². The molecule has 0 spiro atoms. The molecular weight excluding hydrogens is 342 g/mol. The molecule has 0 aliphatic carbocycles. The summed E-state index contributed by atoms with van der Waals surface area (Å²) in [4.78, 5) is 26.3. The van der Waals surface area contributed by atoms with Crippen LogP contribution in [-0.2, 0) is 20.7 Å². The van der Waals surface area contributed by atoms with Crippen LogP contribution in [0.25, 0.3) is 11.0 Å². The summed E-state index contributed by atoms with van der Waals surface area (Å²) in [5.74, 6) is -0.740. The minimum atomic E-state index is -0.871. The van der Waals surface area contributed by atoms with Crippen LogP contribution < -0.4 is 4.90 Å². The van der Waals surface area contributed by atoms with E-state index in [1.54, 1.807) is 20.2 Å². The lowest BCUT2D eigenvalue weighted by Gasteiger charge is -2.21. The van der Waals surface area contributed by atoms with Crippen molar-refractivity contribution in [2.24, 2.45) is 0 Å². The van der Waals surface area contributed by atoms with Crippen LogP contribution in [0.3, 0.4) is 0 Å². The average Bonchev–Trinajstić information content (AvgIpc) is 3.03. The molecule has 0 saturated carbocycles. The summed E-state index contributed by atoms with van der Waals surface area (Å²) in [6.07, 6.45) is 0.764. The maximum atomic E-state index is 12.5. The van der Waals surface area contributed by atoms with Crippen molar-refractivity contribution >= 4 is 28.5 Å². The second kappa shape index (κ2) is 7.66. The number of amides is 1. The largest absolute Gasteiger partial charge is 0.464 e. The Morgan fingerprint density at radius 2 is 1.78 bits per heavy atom. The summed E-state index contributed by atoms with van der Waals surface area (Å²) in [5, 5.41) is 0.899. The molecule has 140 valence electrons. The third-order valence-electron chi connectivity index (χ3n) is 4.73. The van der Waals surface area contributed by atoms with Gasteiger partial charge in [-0.2, -0.15) is 0 Å². The molecular formula is C22H23NO4. The number of ether oxygens (including phenoxy) is 1. The van der Waals surface area contributed by atoms with Crippen LogP contribution >= 0.6 is 0 Å². The molecule has 0 N–H and O–H groups in total. The predicted molar refractivity (Wildman–Crippen MR) is 105 cm³/mol. The first-order chi connectivity index (χ1) is 12.9. The highest BCUT2D eigenvalue weighted by Crippen LogP contribution is 2.25. The molecule has 0 aliphatic heterocycles. The van der Waals surface area contributed by atoms with Crippen LogP contribution in [0.5, 0.6) is 0 Å². The lowest BCUT2D eigenvalue weighted by atomic mass is 10.0. The zero-order valence-corrected chi connectivity index (χ0v) is 16.0. The Hall–Kier alpha value is -3.08. The molecule has 0 radical (unpaired) electrons. The fraction of sp³-hybridized carbons (Fsp3) is 0.273. The summed E-state index contributed by atoms with van der Waals surface area (Å²) in [7, 11) is 1.66. The number of furan rings is 1. The lowest BCUT2D eigenvalue weighted by Crippen LogP contribution is -2.37. The Kier molecular flexibility index (Phi) is 5.31. The first-order valence-corrected chi connectivity index (χ1v) is 8.86. The third-order valence-corrected chi connectivity index (χ3v) is 4.73. The molecule has 1 aromatic heterocycles. The molecule has 3 aromatic rings. The summed E-state index contributed by atoms with van der Waals surface area (Å²) in [6.45, 7) is 5.62. The quantitative estimate of drug-likeness (QED) is 0.636. The number of aryl methyl sites for hydroxylation is 2. The number of anilines is 1. The normalized spacial score (nSPS) is 12.0. The van der Waals surface area contributed by atoms with E-state index in [1.165, 1.54) is 4.90 Å². The molecule has 1 amide bonds. The van der Waals surface area contributed by atoms with Crippen LogP contribution in [-0.4, -0.2) is 25.0 Å². The highest BCUT2D eigenvalue weighted by atomic mass is 16.5. The molecule has 27 heavy (non-hydrogen) atoms. The van der Waals surface area contributed by atoms with Crippen LogP contribution in [0, 0.1) is 13.8 Å². The highest BCUT2D eigenvalue weighted by Gasteiger charge is 2.23. The number of esters is 1. The number of fused-ring (bicyclic) bond motifs is 1. The number of carbonyl (C=O) groups is 2. The summed E-state index contributed by atoms with van der Waals surface area (Å²) < 4.78 is 10.9. The van der Waals surface area contributed by atoms with Crippen LogP contribution in [0.1, 0.15) is 23.6 Å². The zero-order chi connectivity index (χ0) is 19.6. The Labute approximate surface area is 158 Å². The predicted octanol–water partition coefficient (Wildman–Crippen LogP) is 4.19.